The number of nitrogens with zero attached hydrogens (tertiary/aromatic N) is 1. The monoisotopic (exact) mass is 517 g/mol. The Kier molecular flexibility index (Phi) is 6.63. The molecule has 0 spiro atoms. The Morgan fingerprint density at radius 1 is 1.08 bits per heavy atom. The summed E-state index contributed by atoms with van der Waals surface area (Å²) in [5, 5.41) is 9.00. The number of carboxylic acids is 1. The smallest absolute Gasteiger partial charge is 0.416 e. The summed E-state index contributed by atoms with van der Waals surface area (Å²) >= 11 is 0. The molecule has 0 fully saturated rings. The summed E-state index contributed by atoms with van der Waals surface area (Å²) in [5.74, 6) is -1.92. The maximum absolute atomic E-state index is 14.8. The Labute approximate surface area is 199 Å². The zero-order chi connectivity index (χ0) is 26.3. The number of allylic oxidation sites excluding steroid dienone is 3. The van der Waals surface area contributed by atoms with E-state index in [1.807, 2.05) is 0 Å². The number of hydrogen-bond acceptors (Lipinski definition) is 3. The van der Waals surface area contributed by atoms with E-state index in [1.54, 1.807) is 10.8 Å². The van der Waals surface area contributed by atoms with Crippen molar-refractivity contribution in [1.29, 1.82) is 0 Å². The van der Waals surface area contributed by atoms with E-state index < -0.39 is 54.7 Å². The number of carboxylic acid groups (broad SMARTS) is 1. The van der Waals surface area contributed by atoms with Gasteiger partial charge in [-0.3, -0.25) is 0 Å². The van der Waals surface area contributed by atoms with Crippen LogP contribution in [0.15, 0.2) is 59.0 Å². The Balaban J connectivity index is 1.52. The number of halogens is 7. The third-order valence-corrected chi connectivity index (χ3v) is 5.69. The normalized spacial score (nSPS) is 16.2. The topological polar surface area (TPSA) is 60.7 Å². The van der Waals surface area contributed by atoms with Gasteiger partial charge in [-0.05, 0) is 42.2 Å². The Morgan fingerprint density at radius 3 is 2.47 bits per heavy atom. The van der Waals surface area contributed by atoms with Crippen LogP contribution in [0.25, 0.3) is 6.08 Å². The van der Waals surface area contributed by atoms with Crippen molar-refractivity contribution in [2.75, 3.05) is 13.2 Å². The number of ether oxygens (including phenoxy) is 2. The standard InChI is InChI=1S/C24H18F7NO4/c25-20-7-17(35-12-15-1-2-16(23(26,27)28)6-19(15)24(29,30)31)8-21-18(20)5-13(11-36-21)9-32-4-3-14(10-32)22(33)34/h3-8,10H,1-2,9,11-12H2,(H,33,34). The molecule has 0 bridgehead atoms. The summed E-state index contributed by atoms with van der Waals surface area (Å²) < 4.78 is 106. The fourth-order valence-electron chi connectivity index (χ4n) is 3.91. The molecule has 0 radical (unpaired) electrons. The van der Waals surface area contributed by atoms with E-state index in [1.165, 1.54) is 24.4 Å². The molecule has 1 aromatic carbocycles. The molecule has 0 atom stereocenters. The molecule has 1 aliphatic carbocycles. The second-order valence-corrected chi connectivity index (χ2v) is 8.26. The molecule has 2 aromatic rings. The van der Waals surface area contributed by atoms with Crippen molar-refractivity contribution in [2.45, 2.75) is 31.7 Å². The van der Waals surface area contributed by atoms with Crippen LogP contribution < -0.4 is 9.47 Å². The lowest BCUT2D eigenvalue weighted by molar-refractivity contribution is -0.0994. The molecule has 1 aromatic heterocycles. The van der Waals surface area contributed by atoms with E-state index in [2.05, 4.69) is 0 Å². The van der Waals surface area contributed by atoms with Gasteiger partial charge in [-0.1, -0.05) is 0 Å². The SMILES string of the molecule is O=C(O)c1ccn(CC2=Cc3c(F)cc(OCC4=C(C(F)(F)F)C=C(C(F)(F)F)CC4)cc3OC2)c1. The maximum atomic E-state index is 14.8. The molecule has 1 aliphatic heterocycles. The minimum atomic E-state index is -5.01. The minimum Gasteiger partial charge on any atom is -0.489 e. The van der Waals surface area contributed by atoms with E-state index in [4.69, 9.17) is 14.6 Å². The molecular formula is C24H18F7NO4. The Morgan fingerprint density at radius 2 is 1.83 bits per heavy atom. The van der Waals surface area contributed by atoms with Gasteiger partial charge in [-0.2, -0.15) is 26.3 Å². The third kappa shape index (κ3) is 5.58. The van der Waals surface area contributed by atoms with Crippen LogP contribution in [-0.2, 0) is 6.54 Å². The Bertz CT molecular complexity index is 1280. The summed E-state index contributed by atoms with van der Waals surface area (Å²) in [5.41, 5.74) is -2.25. The lowest BCUT2D eigenvalue weighted by atomic mass is 9.92. The van der Waals surface area contributed by atoms with Gasteiger partial charge < -0.3 is 19.1 Å². The molecule has 2 heterocycles. The molecule has 2 aliphatic rings. The first-order valence-corrected chi connectivity index (χ1v) is 10.6. The van der Waals surface area contributed by atoms with Gasteiger partial charge in [0.05, 0.1) is 16.7 Å². The Hall–Kier alpha value is -3.70. The number of benzene rings is 1. The lowest BCUT2D eigenvalue weighted by Crippen LogP contribution is -2.23. The summed E-state index contributed by atoms with van der Waals surface area (Å²) in [6, 6.07) is 3.65. The van der Waals surface area contributed by atoms with Crippen LogP contribution in [0.2, 0.25) is 0 Å². The van der Waals surface area contributed by atoms with Crippen LogP contribution in [0, 0.1) is 5.82 Å². The van der Waals surface area contributed by atoms with Gasteiger partial charge in [0.2, 0.25) is 0 Å². The number of fused-ring (bicyclic) bond motifs is 1. The van der Waals surface area contributed by atoms with E-state index in [9.17, 15) is 35.5 Å². The van der Waals surface area contributed by atoms with E-state index >= 15 is 0 Å². The van der Waals surface area contributed by atoms with Crippen LogP contribution in [0.4, 0.5) is 30.7 Å². The van der Waals surface area contributed by atoms with Gasteiger partial charge in [0, 0.05) is 36.6 Å². The van der Waals surface area contributed by atoms with E-state index in [-0.39, 0.29) is 47.4 Å². The van der Waals surface area contributed by atoms with Gasteiger partial charge in [0.15, 0.2) is 0 Å². The van der Waals surface area contributed by atoms with Gasteiger partial charge in [0.1, 0.15) is 30.5 Å². The summed E-state index contributed by atoms with van der Waals surface area (Å²) in [6.45, 7) is -0.383. The predicted molar refractivity (Wildman–Crippen MR) is 113 cm³/mol. The minimum absolute atomic E-state index is 0.0465. The average Bonchev–Trinajstić information content (AvgIpc) is 3.25. The van der Waals surface area contributed by atoms with Crippen molar-refractivity contribution < 1.29 is 50.1 Å². The van der Waals surface area contributed by atoms with Crippen molar-refractivity contribution in [1.82, 2.24) is 4.57 Å². The van der Waals surface area contributed by atoms with E-state index in [0.29, 0.717) is 5.57 Å². The van der Waals surface area contributed by atoms with Crippen molar-refractivity contribution in [2.24, 2.45) is 0 Å². The summed E-state index contributed by atoms with van der Waals surface area (Å²) in [6.07, 6.45) is -6.42. The highest BCUT2D eigenvalue weighted by Gasteiger charge is 2.42. The second-order valence-electron chi connectivity index (χ2n) is 8.26. The maximum Gasteiger partial charge on any atom is 0.416 e. The van der Waals surface area contributed by atoms with Crippen LogP contribution in [0.5, 0.6) is 11.5 Å². The molecule has 0 saturated carbocycles. The van der Waals surface area contributed by atoms with Crippen molar-refractivity contribution >= 4 is 12.0 Å². The number of carbonyl (C=O) groups is 1. The molecule has 4 rings (SSSR count). The van der Waals surface area contributed by atoms with Gasteiger partial charge in [0.25, 0.3) is 0 Å². The largest absolute Gasteiger partial charge is 0.489 e. The van der Waals surface area contributed by atoms with Crippen molar-refractivity contribution in [3.8, 4) is 11.5 Å². The third-order valence-electron chi connectivity index (χ3n) is 5.69. The first-order valence-electron chi connectivity index (χ1n) is 10.6. The second kappa shape index (κ2) is 9.40. The van der Waals surface area contributed by atoms with Gasteiger partial charge in [-0.25, -0.2) is 9.18 Å². The summed E-state index contributed by atoms with van der Waals surface area (Å²) in [7, 11) is 0. The zero-order valence-corrected chi connectivity index (χ0v) is 18.3. The molecule has 5 nitrogen and oxygen atoms in total. The number of hydrogen-bond donors (Lipinski definition) is 1. The fraction of sp³-hybridized carbons (Fsp3) is 0.292. The van der Waals surface area contributed by atoms with Crippen LogP contribution in [0.1, 0.15) is 28.8 Å². The molecular weight excluding hydrogens is 499 g/mol. The molecule has 0 unspecified atom stereocenters. The van der Waals surface area contributed by atoms with Crippen LogP contribution in [0.3, 0.4) is 0 Å². The molecule has 0 saturated heterocycles. The highest BCUT2D eigenvalue weighted by atomic mass is 19.4. The lowest BCUT2D eigenvalue weighted by Gasteiger charge is -2.24. The van der Waals surface area contributed by atoms with Crippen molar-refractivity contribution in [3.05, 3.63) is 75.9 Å². The first kappa shape index (κ1) is 25.4. The van der Waals surface area contributed by atoms with Gasteiger partial charge in [-0.15, -0.1) is 0 Å². The fourth-order valence-corrected chi connectivity index (χ4v) is 3.91. The average molecular weight is 517 g/mol. The predicted octanol–water partition coefficient (Wildman–Crippen LogP) is 6.32. The molecule has 1 N–H and O–H groups in total. The highest BCUT2D eigenvalue weighted by molar-refractivity contribution is 5.87. The number of aromatic nitrogens is 1. The van der Waals surface area contributed by atoms with Gasteiger partial charge >= 0.3 is 18.3 Å². The van der Waals surface area contributed by atoms with E-state index in [0.717, 1.165) is 6.07 Å². The molecule has 0 amide bonds. The summed E-state index contributed by atoms with van der Waals surface area (Å²) in [4.78, 5) is 11.0. The molecule has 36 heavy (non-hydrogen) atoms. The molecule has 192 valence electrons. The number of aromatic carboxylic acids is 1. The highest BCUT2D eigenvalue weighted by Crippen LogP contribution is 2.41. The number of rotatable bonds is 6. The van der Waals surface area contributed by atoms with Crippen molar-refractivity contribution in [3.63, 3.8) is 0 Å². The number of alkyl halides is 6. The van der Waals surface area contributed by atoms with Crippen LogP contribution in [-0.4, -0.2) is 41.2 Å². The zero-order valence-electron chi connectivity index (χ0n) is 18.3. The quantitative estimate of drug-likeness (QED) is 0.456. The first-order chi connectivity index (χ1) is 16.8. The molecule has 12 heteroatoms. The van der Waals surface area contributed by atoms with Crippen LogP contribution >= 0.6 is 0 Å².